The van der Waals surface area contributed by atoms with Gasteiger partial charge in [0.1, 0.15) is 5.75 Å². The van der Waals surface area contributed by atoms with Crippen LogP contribution in [0.4, 0.5) is 0 Å². The second kappa shape index (κ2) is 6.03. The van der Waals surface area contributed by atoms with Gasteiger partial charge in [-0.2, -0.15) is 11.8 Å². The molecule has 0 radical (unpaired) electrons. The molecule has 0 aliphatic heterocycles. The summed E-state index contributed by atoms with van der Waals surface area (Å²) < 4.78 is 0. The number of phenols is 1. The quantitative estimate of drug-likeness (QED) is 0.807. The fraction of sp³-hybridized carbons (Fsp3) is 0.500. The summed E-state index contributed by atoms with van der Waals surface area (Å²) in [5, 5.41) is 13.0. The zero-order valence-electron chi connectivity index (χ0n) is 9.58. The van der Waals surface area contributed by atoms with Gasteiger partial charge in [-0.1, -0.05) is 17.7 Å². The summed E-state index contributed by atoms with van der Waals surface area (Å²) in [5.74, 6) is 1.47. The van der Waals surface area contributed by atoms with Gasteiger partial charge in [0, 0.05) is 23.9 Å². The van der Waals surface area contributed by atoms with E-state index in [2.05, 4.69) is 18.5 Å². The van der Waals surface area contributed by atoms with Gasteiger partial charge in [0.2, 0.25) is 0 Å². The van der Waals surface area contributed by atoms with Crippen molar-refractivity contribution in [1.82, 2.24) is 5.32 Å². The van der Waals surface area contributed by atoms with Crippen molar-refractivity contribution in [2.24, 2.45) is 0 Å². The van der Waals surface area contributed by atoms with Crippen LogP contribution in [-0.2, 0) is 6.54 Å². The summed E-state index contributed by atoms with van der Waals surface area (Å²) in [7, 11) is 0. The molecule has 0 bridgehead atoms. The summed E-state index contributed by atoms with van der Waals surface area (Å²) >= 11 is 1.83. The highest BCUT2D eigenvalue weighted by Gasteiger charge is 2.04. The molecule has 15 heavy (non-hydrogen) atoms. The van der Waals surface area contributed by atoms with Gasteiger partial charge >= 0.3 is 0 Å². The lowest BCUT2D eigenvalue weighted by Gasteiger charge is -2.13. The fourth-order valence-electron chi connectivity index (χ4n) is 1.45. The molecule has 0 aromatic heterocycles. The highest BCUT2D eigenvalue weighted by atomic mass is 32.2. The molecular formula is C12H19NOS. The molecule has 0 heterocycles. The maximum absolute atomic E-state index is 9.63. The number of hydrogen-bond donors (Lipinski definition) is 2. The Kier molecular flexibility index (Phi) is 4.99. The molecule has 2 nitrogen and oxygen atoms in total. The number of nitrogens with one attached hydrogen (secondary N) is 1. The minimum Gasteiger partial charge on any atom is -0.508 e. The number of aromatic hydroxyl groups is 1. The van der Waals surface area contributed by atoms with Crippen LogP contribution in [0.1, 0.15) is 18.1 Å². The molecule has 0 amide bonds. The van der Waals surface area contributed by atoms with E-state index in [1.54, 1.807) is 6.07 Å². The molecule has 0 saturated heterocycles. The molecule has 1 atom stereocenters. The van der Waals surface area contributed by atoms with Crippen LogP contribution in [0.3, 0.4) is 0 Å². The molecule has 2 N–H and O–H groups in total. The van der Waals surface area contributed by atoms with Crippen molar-refractivity contribution in [3.63, 3.8) is 0 Å². The van der Waals surface area contributed by atoms with Gasteiger partial charge in [-0.15, -0.1) is 0 Å². The van der Waals surface area contributed by atoms with Gasteiger partial charge in [-0.25, -0.2) is 0 Å². The summed E-state index contributed by atoms with van der Waals surface area (Å²) in [6.07, 6.45) is 2.10. The van der Waals surface area contributed by atoms with E-state index in [1.807, 2.05) is 30.8 Å². The van der Waals surface area contributed by atoms with Crippen LogP contribution in [0.25, 0.3) is 0 Å². The van der Waals surface area contributed by atoms with Crippen LogP contribution in [0, 0.1) is 6.92 Å². The molecule has 0 fully saturated rings. The van der Waals surface area contributed by atoms with E-state index in [-0.39, 0.29) is 0 Å². The second-order valence-electron chi connectivity index (χ2n) is 3.87. The van der Waals surface area contributed by atoms with Crippen molar-refractivity contribution >= 4 is 11.8 Å². The Labute approximate surface area is 96.1 Å². The van der Waals surface area contributed by atoms with E-state index in [4.69, 9.17) is 0 Å². The first-order chi connectivity index (χ1) is 7.13. The lowest BCUT2D eigenvalue weighted by Crippen LogP contribution is -2.27. The lowest BCUT2D eigenvalue weighted by atomic mass is 10.1. The van der Waals surface area contributed by atoms with E-state index in [0.717, 1.165) is 17.9 Å². The number of benzene rings is 1. The predicted molar refractivity (Wildman–Crippen MR) is 67.5 cm³/mol. The van der Waals surface area contributed by atoms with Crippen molar-refractivity contribution in [3.8, 4) is 5.75 Å². The largest absolute Gasteiger partial charge is 0.508 e. The Morgan fingerprint density at radius 3 is 2.87 bits per heavy atom. The van der Waals surface area contributed by atoms with Gasteiger partial charge in [0.25, 0.3) is 0 Å². The smallest absolute Gasteiger partial charge is 0.120 e. The summed E-state index contributed by atoms with van der Waals surface area (Å²) in [5.41, 5.74) is 2.16. The van der Waals surface area contributed by atoms with Crippen LogP contribution in [-0.4, -0.2) is 23.2 Å². The standard InChI is InChI=1S/C12H19NOS/c1-9-4-5-12(14)11(6-9)7-13-10(2)8-15-3/h4-6,10,13-14H,7-8H2,1-3H3. The first-order valence-electron chi connectivity index (χ1n) is 5.14. The van der Waals surface area contributed by atoms with Gasteiger partial charge in [-0.3, -0.25) is 0 Å². The van der Waals surface area contributed by atoms with Crippen LogP contribution in [0.2, 0.25) is 0 Å². The molecular weight excluding hydrogens is 206 g/mol. The maximum atomic E-state index is 9.63. The van der Waals surface area contributed by atoms with Gasteiger partial charge in [-0.05, 0) is 26.2 Å². The zero-order chi connectivity index (χ0) is 11.3. The highest BCUT2D eigenvalue weighted by Crippen LogP contribution is 2.17. The first kappa shape index (κ1) is 12.4. The third-order valence-electron chi connectivity index (χ3n) is 2.29. The van der Waals surface area contributed by atoms with Crippen LogP contribution < -0.4 is 5.32 Å². The number of hydrogen-bond acceptors (Lipinski definition) is 3. The average Bonchev–Trinajstić information content (AvgIpc) is 2.20. The topological polar surface area (TPSA) is 32.3 Å². The Balaban J connectivity index is 2.53. The molecule has 0 aliphatic carbocycles. The van der Waals surface area contributed by atoms with Crippen LogP contribution in [0.5, 0.6) is 5.75 Å². The Morgan fingerprint density at radius 2 is 2.20 bits per heavy atom. The molecule has 0 spiro atoms. The molecule has 84 valence electrons. The monoisotopic (exact) mass is 225 g/mol. The predicted octanol–water partition coefficient (Wildman–Crippen LogP) is 2.54. The van der Waals surface area contributed by atoms with Gasteiger partial charge in [0.15, 0.2) is 0 Å². The molecule has 0 aliphatic rings. The summed E-state index contributed by atoms with van der Waals surface area (Å²) in [6.45, 7) is 4.92. The van der Waals surface area contributed by atoms with Crippen molar-refractivity contribution in [2.45, 2.75) is 26.4 Å². The first-order valence-corrected chi connectivity index (χ1v) is 6.53. The lowest BCUT2D eigenvalue weighted by molar-refractivity contribution is 0.461. The SMILES string of the molecule is CSCC(C)NCc1cc(C)ccc1O. The van der Waals surface area contributed by atoms with E-state index < -0.39 is 0 Å². The second-order valence-corrected chi connectivity index (χ2v) is 4.78. The van der Waals surface area contributed by atoms with E-state index in [0.29, 0.717) is 11.8 Å². The highest BCUT2D eigenvalue weighted by molar-refractivity contribution is 7.98. The Bertz CT molecular complexity index is 314. The molecule has 3 heteroatoms. The van der Waals surface area contributed by atoms with Crippen molar-refractivity contribution in [2.75, 3.05) is 12.0 Å². The third kappa shape index (κ3) is 4.14. The van der Waals surface area contributed by atoms with Crippen molar-refractivity contribution < 1.29 is 5.11 Å². The van der Waals surface area contributed by atoms with E-state index in [1.165, 1.54) is 5.56 Å². The normalized spacial score (nSPS) is 12.7. The molecule has 1 unspecified atom stereocenters. The van der Waals surface area contributed by atoms with Crippen molar-refractivity contribution in [3.05, 3.63) is 29.3 Å². The minimum atomic E-state index is 0.379. The molecule has 1 rings (SSSR count). The van der Waals surface area contributed by atoms with E-state index >= 15 is 0 Å². The molecule has 0 saturated carbocycles. The van der Waals surface area contributed by atoms with Crippen LogP contribution >= 0.6 is 11.8 Å². The van der Waals surface area contributed by atoms with Gasteiger partial charge in [0.05, 0.1) is 0 Å². The number of aryl methyl sites for hydroxylation is 1. The maximum Gasteiger partial charge on any atom is 0.120 e. The number of phenolic OH excluding ortho intramolecular Hbond substituents is 1. The van der Waals surface area contributed by atoms with Crippen molar-refractivity contribution in [1.29, 1.82) is 0 Å². The summed E-state index contributed by atoms with van der Waals surface area (Å²) in [4.78, 5) is 0. The fourth-order valence-corrected chi connectivity index (χ4v) is 2.07. The third-order valence-corrected chi connectivity index (χ3v) is 3.13. The Hall–Kier alpha value is -0.670. The van der Waals surface area contributed by atoms with E-state index in [9.17, 15) is 5.11 Å². The minimum absolute atomic E-state index is 0.379. The summed E-state index contributed by atoms with van der Waals surface area (Å²) in [6, 6.07) is 6.17. The Morgan fingerprint density at radius 1 is 1.47 bits per heavy atom. The average molecular weight is 225 g/mol. The molecule has 1 aromatic rings. The zero-order valence-corrected chi connectivity index (χ0v) is 10.4. The number of rotatable bonds is 5. The van der Waals surface area contributed by atoms with Gasteiger partial charge < -0.3 is 10.4 Å². The molecule has 1 aromatic carbocycles. The van der Waals surface area contributed by atoms with Crippen LogP contribution in [0.15, 0.2) is 18.2 Å². The number of thioether (sulfide) groups is 1.